The van der Waals surface area contributed by atoms with Crippen molar-refractivity contribution in [1.29, 1.82) is 0 Å². The van der Waals surface area contributed by atoms with Crippen LogP contribution in [0.25, 0.3) is 0 Å². The molecule has 74 valence electrons. The summed E-state index contributed by atoms with van der Waals surface area (Å²) in [5.74, 6) is 0. The van der Waals surface area contributed by atoms with Gasteiger partial charge in [-0.05, 0) is 12.8 Å². The van der Waals surface area contributed by atoms with Crippen molar-refractivity contribution in [3.8, 4) is 0 Å². The lowest BCUT2D eigenvalue weighted by Crippen LogP contribution is -2.40. The van der Waals surface area contributed by atoms with E-state index in [-0.39, 0.29) is 0 Å². The summed E-state index contributed by atoms with van der Waals surface area (Å²) >= 11 is 0. The highest BCUT2D eigenvalue weighted by Crippen LogP contribution is 2.18. The predicted octanol–water partition coefficient (Wildman–Crippen LogP) is -2.70. The fraction of sp³-hybridized carbons (Fsp3) is 1.00. The van der Waals surface area contributed by atoms with Crippen LogP contribution in [-0.2, 0) is 9.41 Å². The highest BCUT2D eigenvalue weighted by molar-refractivity contribution is 6.33. The van der Waals surface area contributed by atoms with Gasteiger partial charge in [-0.15, -0.1) is 0 Å². The third kappa shape index (κ3) is 3.61. The molecule has 0 aromatic heterocycles. The van der Waals surface area contributed by atoms with Gasteiger partial charge in [0.2, 0.25) is 0 Å². The van der Waals surface area contributed by atoms with E-state index >= 15 is 0 Å². The Morgan fingerprint density at radius 1 is 1.15 bits per heavy atom. The fourth-order valence-electron chi connectivity index (χ4n) is 1.23. The molecule has 0 spiro atoms. The molecular weight excluding hydrogens is 180 g/mol. The lowest BCUT2D eigenvalue weighted by atomic mass is 10.2. The average Bonchev–Trinajstić information content (AvgIpc) is 2.34. The Morgan fingerprint density at radius 2 is 1.85 bits per heavy atom. The Hall–Kier alpha value is -0.150. The van der Waals surface area contributed by atoms with Crippen molar-refractivity contribution in [2.45, 2.75) is 19.1 Å². The molecule has 1 aliphatic rings. The SMILES string of the molecule is OB(O)OC1CCCN1OB(O)O. The van der Waals surface area contributed by atoms with Crippen LogP contribution in [-0.4, -0.2) is 52.6 Å². The van der Waals surface area contributed by atoms with Gasteiger partial charge in [-0.25, -0.2) is 0 Å². The molecule has 0 radical (unpaired) electrons. The van der Waals surface area contributed by atoms with E-state index in [2.05, 4.69) is 9.41 Å². The maximum Gasteiger partial charge on any atom is 0.651 e. The molecule has 0 aromatic carbocycles. The molecule has 1 atom stereocenters. The third-order valence-electron chi connectivity index (χ3n) is 1.66. The second kappa shape index (κ2) is 4.91. The van der Waals surface area contributed by atoms with Gasteiger partial charge >= 0.3 is 14.6 Å². The van der Waals surface area contributed by atoms with E-state index in [1.807, 2.05) is 0 Å². The molecule has 1 fully saturated rings. The van der Waals surface area contributed by atoms with Crippen molar-refractivity contribution in [2.75, 3.05) is 6.54 Å². The van der Waals surface area contributed by atoms with Crippen molar-refractivity contribution in [2.24, 2.45) is 0 Å². The summed E-state index contributed by atoms with van der Waals surface area (Å²) in [6.07, 6.45) is 0.621. The van der Waals surface area contributed by atoms with Gasteiger partial charge in [0.15, 0.2) is 0 Å². The summed E-state index contributed by atoms with van der Waals surface area (Å²) in [6.45, 7) is 0.453. The summed E-state index contributed by atoms with van der Waals surface area (Å²) in [4.78, 5) is 0. The quantitative estimate of drug-likeness (QED) is 0.358. The molecule has 0 saturated carbocycles. The monoisotopic (exact) mass is 191 g/mol. The molecular formula is C4H11B2NO6. The zero-order chi connectivity index (χ0) is 9.84. The minimum Gasteiger partial charge on any atom is -0.402 e. The van der Waals surface area contributed by atoms with Crippen molar-refractivity contribution in [3.63, 3.8) is 0 Å². The average molecular weight is 191 g/mol. The molecule has 1 saturated heterocycles. The highest BCUT2D eigenvalue weighted by atomic mass is 16.8. The predicted molar refractivity (Wildman–Crippen MR) is 42.3 cm³/mol. The van der Waals surface area contributed by atoms with Gasteiger partial charge in [0.1, 0.15) is 6.23 Å². The summed E-state index contributed by atoms with van der Waals surface area (Å²) in [7, 11) is -3.80. The molecule has 0 bridgehead atoms. The molecule has 0 aromatic rings. The van der Waals surface area contributed by atoms with Crippen molar-refractivity contribution < 1.29 is 29.5 Å². The summed E-state index contributed by atoms with van der Waals surface area (Å²) in [5.41, 5.74) is 0. The molecule has 1 heterocycles. The molecule has 1 aliphatic heterocycles. The smallest absolute Gasteiger partial charge is 0.402 e. The van der Waals surface area contributed by atoms with Gasteiger partial charge in [-0.1, -0.05) is 0 Å². The van der Waals surface area contributed by atoms with Crippen LogP contribution in [0.15, 0.2) is 0 Å². The molecule has 1 rings (SSSR count). The number of hydroxylamine groups is 2. The van der Waals surface area contributed by atoms with E-state index in [4.69, 9.17) is 20.1 Å². The van der Waals surface area contributed by atoms with Crippen molar-refractivity contribution in [1.82, 2.24) is 5.06 Å². The van der Waals surface area contributed by atoms with Gasteiger partial charge in [0.25, 0.3) is 0 Å². The van der Waals surface area contributed by atoms with Crippen LogP contribution in [0.5, 0.6) is 0 Å². The van der Waals surface area contributed by atoms with Gasteiger partial charge in [0.05, 0.1) is 0 Å². The summed E-state index contributed by atoms with van der Waals surface area (Å²) in [6, 6.07) is 0. The zero-order valence-corrected chi connectivity index (χ0v) is 6.91. The Morgan fingerprint density at radius 3 is 2.38 bits per heavy atom. The molecule has 0 aliphatic carbocycles. The van der Waals surface area contributed by atoms with Crippen molar-refractivity contribution in [3.05, 3.63) is 0 Å². The van der Waals surface area contributed by atoms with Crippen LogP contribution in [0.2, 0.25) is 0 Å². The number of hydrogen-bond donors (Lipinski definition) is 4. The van der Waals surface area contributed by atoms with Gasteiger partial charge in [-0.3, -0.25) is 4.76 Å². The molecule has 7 nitrogen and oxygen atoms in total. The normalized spacial score (nSPS) is 23.5. The van der Waals surface area contributed by atoms with Crippen LogP contribution in [0.1, 0.15) is 12.8 Å². The molecule has 9 heteroatoms. The first-order chi connectivity index (χ1) is 6.09. The Kier molecular flexibility index (Phi) is 4.13. The van der Waals surface area contributed by atoms with Crippen molar-refractivity contribution >= 4 is 14.6 Å². The Labute approximate surface area is 75.8 Å². The molecule has 13 heavy (non-hydrogen) atoms. The minimum atomic E-state index is -1.92. The van der Waals surface area contributed by atoms with Gasteiger partial charge in [0, 0.05) is 6.54 Å². The topological polar surface area (TPSA) is 103 Å². The number of nitrogens with zero attached hydrogens (tertiary/aromatic N) is 1. The molecule has 0 amide bonds. The summed E-state index contributed by atoms with van der Waals surface area (Å²) < 4.78 is 9.14. The number of rotatable bonds is 4. The molecule has 4 N–H and O–H groups in total. The first-order valence-corrected chi connectivity index (χ1v) is 3.91. The van der Waals surface area contributed by atoms with Crippen LogP contribution < -0.4 is 0 Å². The van der Waals surface area contributed by atoms with Gasteiger partial charge in [-0.2, -0.15) is 5.06 Å². The fourth-order valence-corrected chi connectivity index (χ4v) is 1.23. The van der Waals surface area contributed by atoms with Crippen LogP contribution in [0.4, 0.5) is 0 Å². The van der Waals surface area contributed by atoms with E-state index in [9.17, 15) is 0 Å². The van der Waals surface area contributed by atoms with E-state index < -0.39 is 20.9 Å². The van der Waals surface area contributed by atoms with Crippen LogP contribution >= 0.6 is 0 Å². The maximum absolute atomic E-state index is 8.49. The number of hydrogen-bond acceptors (Lipinski definition) is 7. The zero-order valence-electron chi connectivity index (χ0n) is 6.91. The highest BCUT2D eigenvalue weighted by Gasteiger charge is 2.32. The first-order valence-electron chi connectivity index (χ1n) is 3.91. The first kappa shape index (κ1) is 10.9. The van der Waals surface area contributed by atoms with E-state index in [1.165, 1.54) is 0 Å². The lowest BCUT2D eigenvalue weighted by molar-refractivity contribution is -0.167. The summed E-state index contributed by atoms with van der Waals surface area (Å²) in [5, 5.41) is 35.1. The van der Waals surface area contributed by atoms with E-state index in [0.29, 0.717) is 13.0 Å². The van der Waals surface area contributed by atoms with Crippen LogP contribution in [0.3, 0.4) is 0 Å². The molecule has 1 unspecified atom stereocenters. The second-order valence-corrected chi connectivity index (χ2v) is 2.63. The standard InChI is InChI=1S/C4H11B2NO6/c8-5(9)12-4-2-1-3-7(4)13-6(10)11/h4,8-11H,1-3H2. The van der Waals surface area contributed by atoms with Gasteiger partial charge < -0.3 is 24.8 Å². The van der Waals surface area contributed by atoms with Crippen LogP contribution in [0, 0.1) is 0 Å². The third-order valence-corrected chi connectivity index (χ3v) is 1.66. The lowest BCUT2D eigenvalue weighted by Gasteiger charge is -2.23. The second-order valence-electron chi connectivity index (χ2n) is 2.63. The Balaban J connectivity index is 2.35. The largest absolute Gasteiger partial charge is 0.651 e. The minimum absolute atomic E-state index is 0.453. The van der Waals surface area contributed by atoms with E-state index in [0.717, 1.165) is 11.5 Å². The van der Waals surface area contributed by atoms with E-state index in [1.54, 1.807) is 0 Å². The Bertz CT molecular complexity index is 142. The maximum atomic E-state index is 8.49.